The van der Waals surface area contributed by atoms with Gasteiger partial charge in [-0.15, -0.1) is 10.2 Å². The Labute approximate surface area is 190 Å². The minimum atomic E-state index is -0.438. The van der Waals surface area contributed by atoms with Crippen molar-refractivity contribution >= 4 is 23.5 Å². The smallest absolute Gasteiger partial charge is 0.315 e. The first-order valence-corrected chi connectivity index (χ1v) is 11.4. The van der Waals surface area contributed by atoms with Crippen molar-refractivity contribution in [2.24, 2.45) is 0 Å². The molecule has 0 spiro atoms. The monoisotopic (exact) mass is 454 g/mol. The molecule has 0 fully saturated rings. The maximum absolute atomic E-state index is 12.1. The molecule has 0 saturated carbocycles. The first-order valence-electron chi connectivity index (χ1n) is 10.4. The molecule has 3 rings (SSSR count). The van der Waals surface area contributed by atoms with E-state index in [9.17, 15) is 14.9 Å². The Kier molecular flexibility index (Phi) is 8.20. The van der Waals surface area contributed by atoms with E-state index >= 15 is 0 Å². The number of non-ortho nitro benzene ring substituents is 1. The average Bonchev–Trinajstić information content (AvgIpc) is 3.20. The maximum atomic E-state index is 12.1. The third-order valence-electron chi connectivity index (χ3n) is 4.86. The van der Waals surface area contributed by atoms with E-state index in [4.69, 9.17) is 0 Å². The van der Waals surface area contributed by atoms with Gasteiger partial charge in [-0.3, -0.25) is 14.7 Å². The Morgan fingerprint density at radius 3 is 2.56 bits per heavy atom. The summed E-state index contributed by atoms with van der Waals surface area (Å²) in [5.74, 6) is 1.24. The van der Waals surface area contributed by atoms with Crippen LogP contribution in [0.2, 0.25) is 0 Å². The summed E-state index contributed by atoms with van der Waals surface area (Å²) in [5, 5.41) is 25.9. The molecule has 0 saturated heterocycles. The number of nitro benzene ring substituents is 1. The third kappa shape index (κ3) is 6.07. The van der Waals surface area contributed by atoms with Crippen LogP contribution in [-0.2, 0) is 12.3 Å². The Bertz CT molecular complexity index is 1070. The van der Waals surface area contributed by atoms with Crippen LogP contribution in [0.1, 0.15) is 36.7 Å². The minimum Gasteiger partial charge on any atom is -0.338 e. The molecule has 2 aromatic carbocycles. The summed E-state index contributed by atoms with van der Waals surface area (Å²) in [6, 6.07) is 14.1. The first kappa shape index (κ1) is 23.3. The Balaban J connectivity index is 1.82. The SMILES string of the molecule is CCCCNC(=O)NCc1nnc(SCc2ccccc2C)n1-c1ccc([N+](=O)[O-])cc1. The predicted octanol–water partition coefficient (Wildman–Crippen LogP) is 4.38. The molecule has 2 amide bonds. The molecule has 2 N–H and O–H groups in total. The van der Waals surface area contributed by atoms with E-state index in [1.165, 1.54) is 35.0 Å². The summed E-state index contributed by atoms with van der Waals surface area (Å²) in [5.41, 5.74) is 3.07. The molecule has 0 radical (unpaired) electrons. The number of aromatic nitrogens is 3. The lowest BCUT2D eigenvalue weighted by Crippen LogP contribution is -2.36. The number of rotatable bonds is 10. The molecule has 168 valence electrons. The zero-order valence-electron chi connectivity index (χ0n) is 18.1. The highest BCUT2D eigenvalue weighted by atomic mass is 32.2. The molecule has 0 aliphatic carbocycles. The fraction of sp³-hybridized carbons (Fsp3) is 0.318. The molecule has 0 aliphatic rings. The zero-order valence-corrected chi connectivity index (χ0v) is 18.9. The Hall–Kier alpha value is -3.40. The van der Waals surface area contributed by atoms with Gasteiger partial charge in [0.05, 0.1) is 11.5 Å². The number of aryl methyl sites for hydroxylation is 1. The van der Waals surface area contributed by atoms with Crippen molar-refractivity contribution in [3.8, 4) is 5.69 Å². The van der Waals surface area contributed by atoms with Crippen LogP contribution in [0.25, 0.3) is 5.69 Å². The number of nitrogens with zero attached hydrogens (tertiary/aromatic N) is 4. The van der Waals surface area contributed by atoms with Crippen LogP contribution in [0.3, 0.4) is 0 Å². The molecule has 1 aromatic heterocycles. The lowest BCUT2D eigenvalue weighted by molar-refractivity contribution is -0.384. The van der Waals surface area contributed by atoms with Crippen molar-refractivity contribution in [1.82, 2.24) is 25.4 Å². The molecule has 32 heavy (non-hydrogen) atoms. The minimum absolute atomic E-state index is 0.00548. The Morgan fingerprint density at radius 2 is 1.88 bits per heavy atom. The number of unbranched alkanes of at least 4 members (excludes halogenated alkanes) is 1. The van der Waals surface area contributed by atoms with Gasteiger partial charge >= 0.3 is 6.03 Å². The highest BCUT2D eigenvalue weighted by molar-refractivity contribution is 7.98. The van der Waals surface area contributed by atoms with Crippen molar-refractivity contribution in [3.05, 3.63) is 75.6 Å². The Morgan fingerprint density at radius 1 is 1.12 bits per heavy atom. The van der Waals surface area contributed by atoms with Crippen molar-refractivity contribution in [2.75, 3.05) is 6.54 Å². The van der Waals surface area contributed by atoms with Gasteiger partial charge in [-0.2, -0.15) is 0 Å². The van der Waals surface area contributed by atoms with Crippen molar-refractivity contribution in [3.63, 3.8) is 0 Å². The van der Waals surface area contributed by atoms with Gasteiger partial charge < -0.3 is 10.6 Å². The van der Waals surface area contributed by atoms with Gasteiger partial charge in [0.25, 0.3) is 5.69 Å². The van der Waals surface area contributed by atoms with Crippen LogP contribution in [0.4, 0.5) is 10.5 Å². The second-order valence-corrected chi connectivity index (χ2v) is 8.13. The molecule has 1 heterocycles. The molecule has 3 aromatic rings. The number of hydrogen-bond donors (Lipinski definition) is 2. The lowest BCUT2D eigenvalue weighted by Gasteiger charge is -2.12. The largest absolute Gasteiger partial charge is 0.338 e. The first-order chi connectivity index (χ1) is 15.5. The number of urea groups is 1. The van der Waals surface area contributed by atoms with Crippen LogP contribution < -0.4 is 10.6 Å². The number of thioether (sulfide) groups is 1. The molecule has 0 bridgehead atoms. The van der Waals surface area contributed by atoms with Gasteiger partial charge in [-0.05, 0) is 36.6 Å². The predicted molar refractivity (Wildman–Crippen MR) is 124 cm³/mol. The molecule has 10 heteroatoms. The summed E-state index contributed by atoms with van der Waals surface area (Å²) >= 11 is 1.52. The van der Waals surface area contributed by atoms with Gasteiger partial charge in [-0.25, -0.2) is 4.79 Å². The average molecular weight is 455 g/mol. The van der Waals surface area contributed by atoms with Crippen LogP contribution in [0, 0.1) is 17.0 Å². The number of nitro groups is 1. The number of benzene rings is 2. The number of hydrogen-bond acceptors (Lipinski definition) is 6. The zero-order chi connectivity index (χ0) is 22.9. The van der Waals surface area contributed by atoms with E-state index in [2.05, 4.69) is 46.8 Å². The highest BCUT2D eigenvalue weighted by Gasteiger charge is 2.17. The summed E-state index contributed by atoms with van der Waals surface area (Å²) in [6.45, 7) is 4.90. The summed E-state index contributed by atoms with van der Waals surface area (Å²) in [7, 11) is 0. The molecule has 9 nitrogen and oxygen atoms in total. The molecule has 0 aliphatic heterocycles. The fourth-order valence-corrected chi connectivity index (χ4v) is 4.05. The second-order valence-electron chi connectivity index (χ2n) is 7.19. The van der Waals surface area contributed by atoms with Crippen molar-refractivity contribution in [1.29, 1.82) is 0 Å². The van der Waals surface area contributed by atoms with Crippen LogP contribution in [0.5, 0.6) is 0 Å². The fourth-order valence-electron chi connectivity index (χ4n) is 3.01. The topological polar surface area (TPSA) is 115 Å². The van der Waals surface area contributed by atoms with E-state index in [-0.39, 0.29) is 18.3 Å². The normalized spacial score (nSPS) is 10.7. The molecule has 0 atom stereocenters. The van der Waals surface area contributed by atoms with Gasteiger partial charge in [0.1, 0.15) is 0 Å². The van der Waals surface area contributed by atoms with Crippen LogP contribution in [0.15, 0.2) is 53.7 Å². The van der Waals surface area contributed by atoms with Crippen LogP contribution in [-0.4, -0.2) is 32.3 Å². The van der Waals surface area contributed by atoms with Gasteiger partial charge in [-0.1, -0.05) is 49.4 Å². The second kappa shape index (κ2) is 11.3. The number of carbonyl (C=O) groups is 1. The molecule has 0 unspecified atom stereocenters. The van der Waals surface area contributed by atoms with Gasteiger partial charge in [0.2, 0.25) is 0 Å². The maximum Gasteiger partial charge on any atom is 0.315 e. The van der Waals surface area contributed by atoms with Crippen molar-refractivity contribution < 1.29 is 9.72 Å². The molecular formula is C22H26N6O3S. The van der Waals surface area contributed by atoms with Crippen LogP contribution >= 0.6 is 11.8 Å². The summed E-state index contributed by atoms with van der Waals surface area (Å²) in [6.07, 6.45) is 1.91. The lowest BCUT2D eigenvalue weighted by atomic mass is 10.1. The van der Waals surface area contributed by atoms with Gasteiger partial charge in [0.15, 0.2) is 11.0 Å². The van der Waals surface area contributed by atoms with Gasteiger partial charge in [0, 0.05) is 30.1 Å². The highest BCUT2D eigenvalue weighted by Crippen LogP contribution is 2.27. The third-order valence-corrected chi connectivity index (χ3v) is 5.84. The molecular weight excluding hydrogens is 428 g/mol. The van der Waals surface area contributed by atoms with E-state index < -0.39 is 4.92 Å². The van der Waals surface area contributed by atoms with E-state index in [0.29, 0.717) is 29.0 Å². The van der Waals surface area contributed by atoms with E-state index in [0.717, 1.165) is 12.8 Å². The quantitative estimate of drug-likeness (QED) is 0.203. The number of carbonyl (C=O) groups excluding carboxylic acids is 1. The van der Waals surface area contributed by atoms with E-state index in [1.807, 2.05) is 16.7 Å². The van der Waals surface area contributed by atoms with E-state index in [1.54, 1.807) is 12.1 Å². The summed E-state index contributed by atoms with van der Waals surface area (Å²) in [4.78, 5) is 22.6. The van der Waals surface area contributed by atoms with Crippen molar-refractivity contribution in [2.45, 2.75) is 44.1 Å². The standard InChI is InChI=1S/C22H26N6O3S/c1-3-4-13-23-21(29)24-14-20-25-26-22(32-15-17-8-6-5-7-16(17)2)27(20)18-9-11-19(12-10-18)28(30)31/h5-12H,3-4,13-15H2,1-2H3,(H2,23,24,29). The number of nitrogens with one attached hydrogen (secondary N) is 2. The number of amides is 2. The summed E-state index contributed by atoms with van der Waals surface area (Å²) < 4.78 is 1.82.